The smallest absolute Gasteiger partial charge is 0.271 e. The van der Waals surface area contributed by atoms with Gasteiger partial charge in [-0.2, -0.15) is 0 Å². The first-order valence-corrected chi connectivity index (χ1v) is 8.67. The molecule has 0 aromatic heterocycles. The van der Waals surface area contributed by atoms with Crippen LogP contribution in [0.3, 0.4) is 0 Å². The predicted octanol–water partition coefficient (Wildman–Crippen LogP) is 0.480. The van der Waals surface area contributed by atoms with Gasteiger partial charge >= 0.3 is 0 Å². The zero-order chi connectivity index (χ0) is 16.3. The minimum absolute atomic E-state index is 0.0276. The monoisotopic (exact) mass is 327 g/mol. The summed E-state index contributed by atoms with van der Waals surface area (Å²) >= 11 is 0. The summed E-state index contributed by atoms with van der Waals surface area (Å²) in [5, 5.41) is 16.8. The number of sulfone groups is 1. The van der Waals surface area contributed by atoms with Crippen LogP contribution in [0.15, 0.2) is 23.1 Å². The first-order chi connectivity index (χ1) is 10.3. The molecule has 2 N–H and O–H groups in total. The standard InChI is InChI=1S/C13H17N3O5S/c1-22(20,21)12-6-9(5-11(7-12)16(18)19)13(17)15-10-3-2-4-14-8-10/h5-7,10,14H,2-4,8H2,1H3,(H,15,17). The Balaban J connectivity index is 2.30. The fraction of sp³-hybridized carbons (Fsp3) is 0.462. The van der Waals surface area contributed by atoms with Gasteiger partial charge in [-0.15, -0.1) is 0 Å². The summed E-state index contributed by atoms with van der Waals surface area (Å²) in [5.41, 5.74) is -0.449. The molecule has 1 saturated heterocycles. The van der Waals surface area contributed by atoms with E-state index in [1.54, 1.807) is 0 Å². The molecule has 9 heteroatoms. The molecule has 0 aliphatic carbocycles. The first-order valence-electron chi connectivity index (χ1n) is 6.78. The van der Waals surface area contributed by atoms with Gasteiger partial charge in [0.15, 0.2) is 9.84 Å². The van der Waals surface area contributed by atoms with Gasteiger partial charge < -0.3 is 10.6 Å². The van der Waals surface area contributed by atoms with Crippen LogP contribution in [0.25, 0.3) is 0 Å². The molecule has 0 radical (unpaired) electrons. The maximum Gasteiger partial charge on any atom is 0.271 e. The Hall–Kier alpha value is -2.00. The molecule has 0 saturated carbocycles. The Bertz CT molecular complexity index is 696. The topological polar surface area (TPSA) is 118 Å². The first kappa shape index (κ1) is 16.4. The van der Waals surface area contributed by atoms with E-state index in [0.29, 0.717) is 6.54 Å². The Morgan fingerprint density at radius 2 is 2.14 bits per heavy atom. The van der Waals surface area contributed by atoms with Crippen molar-refractivity contribution < 1.29 is 18.1 Å². The van der Waals surface area contributed by atoms with Crippen molar-refractivity contribution in [1.82, 2.24) is 10.6 Å². The van der Waals surface area contributed by atoms with Crippen molar-refractivity contribution >= 4 is 21.4 Å². The lowest BCUT2D eigenvalue weighted by Gasteiger charge is -2.23. The molecule has 1 aromatic rings. The molecule has 22 heavy (non-hydrogen) atoms. The molecule has 1 unspecified atom stereocenters. The highest BCUT2D eigenvalue weighted by Crippen LogP contribution is 2.21. The quantitative estimate of drug-likeness (QED) is 0.613. The Morgan fingerprint density at radius 1 is 1.41 bits per heavy atom. The zero-order valence-corrected chi connectivity index (χ0v) is 12.9. The number of hydrogen-bond acceptors (Lipinski definition) is 6. The van der Waals surface area contributed by atoms with Crippen molar-refractivity contribution in [2.45, 2.75) is 23.8 Å². The summed E-state index contributed by atoms with van der Waals surface area (Å²) in [5.74, 6) is -0.512. The van der Waals surface area contributed by atoms with Crippen molar-refractivity contribution in [3.8, 4) is 0 Å². The third-order valence-corrected chi connectivity index (χ3v) is 4.52. The summed E-state index contributed by atoms with van der Waals surface area (Å²) < 4.78 is 23.2. The fourth-order valence-corrected chi connectivity index (χ4v) is 2.95. The molecule has 1 fully saturated rings. The second kappa shape index (κ2) is 6.41. The molecule has 8 nitrogen and oxygen atoms in total. The third kappa shape index (κ3) is 4.01. The van der Waals surface area contributed by atoms with E-state index in [1.807, 2.05) is 0 Å². The molecule has 1 atom stereocenters. The zero-order valence-electron chi connectivity index (χ0n) is 12.0. The summed E-state index contributed by atoms with van der Waals surface area (Å²) in [6.07, 6.45) is 2.68. The number of nitrogens with zero attached hydrogens (tertiary/aromatic N) is 1. The number of non-ortho nitro benzene ring substituents is 1. The second-order valence-electron chi connectivity index (χ2n) is 5.26. The van der Waals surface area contributed by atoms with Crippen LogP contribution in [0.1, 0.15) is 23.2 Å². The number of hydrogen-bond donors (Lipinski definition) is 2. The van der Waals surface area contributed by atoms with E-state index >= 15 is 0 Å². The van der Waals surface area contributed by atoms with Gasteiger partial charge in [0.25, 0.3) is 11.6 Å². The van der Waals surface area contributed by atoms with E-state index in [2.05, 4.69) is 10.6 Å². The van der Waals surface area contributed by atoms with Crippen molar-refractivity contribution in [3.05, 3.63) is 33.9 Å². The van der Waals surface area contributed by atoms with Crippen LogP contribution < -0.4 is 10.6 Å². The lowest BCUT2D eigenvalue weighted by molar-refractivity contribution is -0.385. The molecule has 0 bridgehead atoms. The summed E-state index contributed by atoms with van der Waals surface area (Å²) in [6, 6.07) is 3.13. The van der Waals surface area contributed by atoms with Crippen LogP contribution in [0.4, 0.5) is 5.69 Å². The van der Waals surface area contributed by atoms with Crippen molar-refractivity contribution in [2.24, 2.45) is 0 Å². The molecule has 120 valence electrons. The van der Waals surface area contributed by atoms with Crippen LogP contribution in [0, 0.1) is 10.1 Å². The van der Waals surface area contributed by atoms with Crippen molar-refractivity contribution in [2.75, 3.05) is 19.3 Å². The van der Waals surface area contributed by atoms with Crippen LogP contribution in [0.2, 0.25) is 0 Å². The molecule has 1 aliphatic rings. The molecule has 1 heterocycles. The maximum absolute atomic E-state index is 12.2. The van der Waals surface area contributed by atoms with E-state index in [1.165, 1.54) is 0 Å². The van der Waals surface area contributed by atoms with Crippen LogP contribution in [-0.2, 0) is 9.84 Å². The number of rotatable bonds is 4. The highest BCUT2D eigenvalue weighted by Gasteiger charge is 2.21. The number of benzene rings is 1. The number of carbonyl (C=O) groups excluding carboxylic acids is 1. The third-order valence-electron chi connectivity index (χ3n) is 3.42. The van der Waals surface area contributed by atoms with E-state index in [9.17, 15) is 23.3 Å². The average Bonchev–Trinajstić information content (AvgIpc) is 2.46. The van der Waals surface area contributed by atoms with E-state index < -0.39 is 26.4 Å². The lowest BCUT2D eigenvalue weighted by Crippen LogP contribution is -2.45. The Kier molecular flexibility index (Phi) is 4.77. The highest BCUT2D eigenvalue weighted by atomic mass is 32.2. The minimum Gasteiger partial charge on any atom is -0.348 e. The lowest BCUT2D eigenvalue weighted by atomic mass is 10.1. The van der Waals surface area contributed by atoms with Gasteiger partial charge in [-0.05, 0) is 25.5 Å². The molecule has 2 rings (SSSR count). The Labute approximate surface area is 128 Å². The Morgan fingerprint density at radius 3 is 2.68 bits per heavy atom. The van der Waals surface area contributed by atoms with Crippen molar-refractivity contribution in [3.63, 3.8) is 0 Å². The second-order valence-corrected chi connectivity index (χ2v) is 7.28. The van der Waals surface area contributed by atoms with E-state index in [4.69, 9.17) is 0 Å². The van der Waals surface area contributed by atoms with Gasteiger partial charge in [-0.3, -0.25) is 14.9 Å². The number of nitro benzene ring substituents is 1. The van der Waals surface area contributed by atoms with Gasteiger partial charge in [-0.25, -0.2) is 8.42 Å². The van der Waals surface area contributed by atoms with Gasteiger partial charge in [-0.1, -0.05) is 0 Å². The van der Waals surface area contributed by atoms with E-state index in [0.717, 1.165) is 43.8 Å². The molecular weight excluding hydrogens is 310 g/mol. The predicted molar refractivity (Wildman–Crippen MR) is 79.6 cm³/mol. The number of amides is 1. The SMILES string of the molecule is CS(=O)(=O)c1cc(C(=O)NC2CCCNC2)cc([N+](=O)[O-])c1. The van der Waals surface area contributed by atoms with Crippen LogP contribution in [0.5, 0.6) is 0 Å². The fourth-order valence-electron chi connectivity index (χ4n) is 2.28. The highest BCUT2D eigenvalue weighted by molar-refractivity contribution is 7.90. The number of piperidine rings is 1. The van der Waals surface area contributed by atoms with Crippen LogP contribution in [-0.4, -0.2) is 44.6 Å². The average molecular weight is 327 g/mol. The molecule has 1 amide bonds. The summed E-state index contributed by atoms with van der Waals surface area (Å²) in [4.78, 5) is 22.2. The van der Waals surface area contributed by atoms with Gasteiger partial charge in [0.1, 0.15) is 0 Å². The summed E-state index contributed by atoms with van der Waals surface area (Å²) in [7, 11) is -3.64. The molecular formula is C13H17N3O5S. The van der Waals surface area contributed by atoms with E-state index in [-0.39, 0.29) is 16.5 Å². The minimum atomic E-state index is -3.64. The largest absolute Gasteiger partial charge is 0.348 e. The van der Waals surface area contributed by atoms with Gasteiger partial charge in [0.05, 0.1) is 9.82 Å². The van der Waals surface area contributed by atoms with Crippen LogP contribution >= 0.6 is 0 Å². The molecule has 0 spiro atoms. The number of nitro groups is 1. The molecule has 1 aliphatic heterocycles. The normalized spacial score (nSPS) is 18.7. The van der Waals surface area contributed by atoms with Crippen molar-refractivity contribution in [1.29, 1.82) is 0 Å². The van der Waals surface area contributed by atoms with Gasteiger partial charge in [0, 0.05) is 36.5 Å². The molecule has 1 aromatic carbocycles. The number of carbonyl (C=O) groups is 1. The number of nitrogens with one attached hydrogen (secondary N) is 2. The maximum atomic E-state index is 12.2. The summed E-state index contributed by atoms with van der Waals surface area (Å²) in [6.45, 7) is 1.51. The van der Waals surface area contributed by atoms with Gasteiger partial charge in [0.2, 0.25) is 0 Å².